The van der Waals surface area contributed by atoms with E-state index in [0.29, 0.717) is 11.6 Å². The molecule has 1 atom stereocenters. The van der Waals surface area contributed by atoms with Crippen LogP contribution in [-0.2, 0) is 7.05 Å². The number of hydrogen-bond acceptors (Lipinski definition) is 3. The van der Waals surface area contributed by atoms with Crippen molar-refractivity contribution >= 4 is 5.91 Å². The third-order valence-corrected chi connectivity index (χ3v) is 3.81. The average molecular weight is 263 g/mol. The topological polar surface area (TPSA) is 45.5 Å². The van der Waals surface area contributed by atoms with E-state index >= 15 is 0 Å². The Labute approximate surface area is 113 Å². The fourth-order valence-electron chi connectivity index (χ4n) is 2.51. The summed E-state index contributed by atoms with van der Waals surface area (Å²) in [7, 11) is 1.68. The molecule has 0 N–H and O–H groups in total. The first-order chi connectivity index (χ1) is 9.02. The molecule has 104 valence electrons. The Balaban J connectivity index is 2.12. The average Bonchev–Trinajstić information content (AvgIpc) is 2.41. The van der Waals surface area contributed by atoms with E-state index in [1.54, 1.807) is 19.3 Å². The Morgan fingerprint density at radius 2 is 2.16 bits per heavy atom. The molecule has 1 aromatic heterocycles. The minimum absolute atomic E-state index is 0.0414. The Bertz CT molecular complexity index is 524. The van der Waals surface area contributed by atoms with E-state index in [2.05, 4.69) is 18.7 Å². The van der Waals surface area contributed by atoms with Crippen LogP contribution in [0, 0.1) is 0 Å². The Morgan fingerprint density at radius 3 is 2.74 bits per heavy atom. The second-order valence-corrected chi connectivity index (χ2v) is 5.09. The molecule has 1 unspecified atom stereocenters. The maximum Gasteiger partial charge on any atom is 0.254 e. The van der Waals surface area contributed by atoms with Crippen LogP contribution in [0.3, 0.4) is 0 Å². The number of likely N-dealkylation sites (N-methyl/N-ethyl adjacent to an activating group) is 1. The van der Waals surface area contributed by atoms with Gasteiger partial charge in [0.05, 0.1) is 0 Å². The summed E-state index contributed by atoms with van der Waals surface area (Å²) in [5, 5.41) is 0. The van der Waals surface area contributed by atoms with Crippen molar-refractivity contribution in [3.05, 3.63) is 34.2 Å². The van der Waals surface area contributed by atoms with Crippen molar-refractivity contribution in [2.45, 2.75) is 19.9 Å². The second kappa shape index (κ2) is 5.57. The number of carbonyl (C=O) groups excluding carboxylic acids is 1. The number of amides is 1. The van der Waals surface area contributed by atoms with Gasteiger partial charge in [-0.05, 0) is 19.5 Å². The molecule has 2 heterocycles. The third-order valence-electron chi connectivity index (χ3n) is 3.81. The van der Waals surface area contributed by atoms with Gasteiger partial charge in [-0.15, -0.1) is 0 Å². The van der Waals surface area contributed by atoms with Crippen LogP contribution >= 0.6 is 0 Å². The monoisotopic (exact) mass is 263 g/mol. The summed E-state index contributed by atoms with van der Waals surface area (Å²) >= 11 is 0. The first-order valence-corrected chi connectivity index (χ1v) is 6.73. The maximum atomic E-state index is 12.4. The van der Waals surface area contributed by atoms with Gasteiger partial charge < -0.3 is 9.47 Å². The lowest BCUT2D eigenvalue weighted by molar-refractivity contribution is 0.0528. The van der Waals surface area contributed by atoms with Gasteiger partial charge >= 0.3 is 0 Å². The molecule has 1 aromatic rings. The molecular weight excluding hydrogens is 242 g/mol. The van der Waals surface area contributed by atoms with E-state index in [0.717, 1.165) is 26.2 Å². The Hall–Kier alpha value is -1.62. The summed E-state index contributed by atoms with van der Waals surface area (Å²) < 4.78 is 1.47. The first kappa shape index (κ1) is 13.8. The van der Waals surface area contributed by atoms with Gasteiger partial charge in [-0.3, -0.25) is 14.5 Å². The zero-order valence-electron chi connectivity index (χ0n) is 11.8. The molecule has 5 nitrogen and oxygen atoms in total. The first-order valence-electron chi connectivity index (χ1n) is 6.73. The van der Waals surface area contributed by atoms with Gasteiger partial charge in [0.15, 0.2) is 0 Å². The summed E-state index contributed by atoms with van der Waals surface area (Å²) in [6, 6.07) is 3.49. The molecule has 2 rings (SSSR count). The minimum atomic E-state index is -0.147. The summed E-state index contributed by atoms with van der Waals surface area (Å²) in [5.74, 6) is -0.0414. The Morgan fingerprint density at radius 1 is 1.42 bits per heavy atom. The molecule has 1 amide bonds. The van der Waals surface area contributed by atoms with Crippen LogP contribution in [0.15, 0.2) is 23.1 Å². The Kier molecular flexibility index (Phi) is 4.04. The highest BCUT2D eigenvalue weighted by Gasteiger charge is 2.26. The lowest BCUT2D eigenvalue weighted by Gasteiger charge is -2.39. The van der Waals surface area contributed by atoms with Crippen LogP contribution in [0.5, 0.6) is 0 Å². The van der Waals surface area contributed by atoms with E-state index in [4.69, 9.17) is 0 Å². The molecule has 1 saturated heterocycles. The van der Waals surface area contributed by atoms with Crippen molar-refractivity contribution in [3.8, 4) is 0 Å². The van der Waals surface area contributed by atoms with Gasteiger partial charge in [-0.2, -0.15) is 0 Å². The molecule has 1 fully saturated rings. The summed E-state index contributed by atoms with van der Waals surface area (Å²) in [4.78, 5) is 28.1. The molecule has 0 spiro atoms. The summed E-state index contributed by atoms with van der Waals surface area (Å²) in [6.07, 6.45) is 1.64. The number of piperazine rings is 1. The highest BCUT2D eigenvalue weighted by atomic mass is 16.2. The van der Waals surface area contributed by atoms with Crippen LogP contribution in [0.1, 0.15) is 24.2 Å². The van der Waals surface area contributed by atoms with E-state index < -0.39 is 0 Å². The number of hydrogen-bond donors (Lipinski definition) is 0. The lowest BCUT2D eigenvalue weighted by atomic mass is 10.1. The van der Waals surface area contributed by atoms with Crippen molar-refractivity contribution in [2.75, 3.05) is 26.2 Å². The third kappa shape index (κ3) is 2.87. The quantitative estimate of drug-likeness (QED) is 0.783. The molecular formula is C14H21N3O2. The highest BCUT2D eigenvalue weighted by Crippen LogP contribution is 2.12. The molecule has 0 aliphatic carbocycles. The SMILES string of the molecule is CCN1CCN(C(=O)c2ccn(C)c(=O)c2)CC1C. The molecule has 1 aliphatic rings. The molecule has 5 heteroatoms. The van der Waals surface area contributed by atoms with Crippen molar-refractivity contribution in [3.63, 3.8) is 0 Å². The van der Waals surface area contributed by atoms with Crippen LogP contribution < -0.4 is 5.56 Å². The molecule has 0 bridgehead atoms. The fourth-order valence-corrected chi connectivity index (χ4v) is 2.51. The van der Waals surface area contributed by atoms with Crippen LogP contribution in [0.25, 0.3) is 0 Å². The number of carbonyl (C=O) groups is 1. The van der Waals surface area contributed by atoms with Crippen LogP contribution in [-0.4, -0.2) is 52.5 Å². The molecule has 1 aliphatic heterocycles. The number of rotatable bonds is 2. The van der Waals surface area contributed by atoms with E-state index in [1.165, 1.54) is 10.6 Å². The molecule has 19 heavy (non-hydrogen) atoms. The standard InChI is InChI=1S/C14H21N3O2/c1-4-16-7-8-17(10-11(16)2)14(19)12-5-6-15(3)13(18)9-12/h5-6,9,11H,4,7-8,10H2,1-3H3. The lowest BCUT2D eigenvalue weighted by Crippen LogP contribution is -2.53. The molecule has 0 saturated carbocycles. The zero-order valence-corrected chi connectivity index (χ0v) is 11.8. The van der Waals surface area contributed by atoms with Gasteiger partial charge in [0.2, 0.25) is 0 Å². The predicted octanol–water partition coefficient (Wildman–Crippen LogP) is 0.551. The fraction of sp³-hybridized carbons (Fsp3) is 0.571. The predicted molar refractivity (Wildman–Crippen MR) is 74.3 cm³/mol. The highest BCUT2D eigenvalue weighted by molar-refractivity contribution is 5.94. The van der Waals surface area contributed by atoms with Crippen LogP contribution in [0.4, 0.5) is 0 Å². The van der Waals surface area contributed by atoms with Crippen LogP contribution in [0.2, 0.25) is 0 Å². The number of pyridine rings is 1. The maximum absolute atomic E-state index is 12.4. The largest absolute Gasteiger partial charge is 0.336 e. The van der Waals surface area contributed by atoms with Gasteiger partial charge in [0.25, 0.3) is 11.5 Å². The van der Waals surface area contributed by atoms with Gasteiger partial charge in [-0.1, -0.05) is 6.92 Å². The van der Waals surface area contributed by atoms with Crippen molar-refractivity contribution in [1.82, 2.24) is 14.4 Å². The van der Waals surface area contributed by atoms with Gasteiger partial charge in [0.1, 0.15) is 0 Å². The number of nitrogens with zero attached hydrogens (tertiary/aromatic N) is 3. The molecule has 0 aromatic carbocycles. The van der Waals surface area contributed by atoms with E-state index in [-0.39, 0.29) is 11.5 Å². The normalized spacial score (nSPS) is 20.6. The number of aryl methyl sites for hydroxylation is 1. The van der Waals surface area contributed by atoms with Gasteiger partial charge in [0, 0.05) is 50.6 Å². The zero-order chi connectivity index (χ0) is 14.0. The van der Waals surface area contributed by atoms with Crippen molar-refractivity contribution in [1.29, 1.82) is 0 Å². The minimum Gasteiger partial charge on any atom is -0.336 e. The number of aromatic nitrogens is 1. The van der Waals surface area contributed by atoms with E-state index in [9.17, 15) is 9.59 Å². The van der Waals surface area contributed by atoms with E-state index in [1.807, 2.05) is 4.90 Å². The van der Waals surface area contributed by atoms with Crippen molar-refractivity contribution < 1.29 is 4.79 Å². The summed E-state index contributed by atoms with van der Waals surface area (Å²) in [5.41, 5.74) is 0.339. The van der Waals surface area contributed by atoms with Gasteiger partial charge in [-0.25, -0.2) is 0 Å². The molecule has 0 radical (unpaired) electrons. The van der Waals surface area contributed by atoms with Crippen molar-refractivity contribution in [2.24, 2.45) is 7.05 Å². The summed E-state index contributed by atoms with van der Waals surface area (Å²) in [6.45, 7) is 7.62. The second-order valence-electron chi connectivity index (χ2n) is 5.09. The smallest absolute Gasteiger partial charge is 0.254 e.